The number of hydrogen-bond donors (Lipinski definition) is 0. The summed E-state index contributed by atoms with van der Waals surface area (Å²) in [6.45, 7) is 4.26. The lowest BCUT2D eigenvalue weighted by molar-refractivity contribution is -0.138. The van der Waals surface area contributed by atoms with Crippen molar-refractivity contribution < 1.29 is 14.3 Å². The quantitative estimate of drug-likeness (QED) is 0.847. The molecule has 3 saturated heterocycles. The molecule has 0 aliphatic carbocycles. The highest BCUT2D eigenvalue weighted by Gasteiger charge is 2.37. The van der Waals surface area contributed by atoms with E-state index in [4.69, 9.17) is 4.74 Å². The third-order valence-electron chi connectivity index (χ3n) is 5.55. The average Bonchev–Trinajstić information content (AvgIpc) is 3.18. The van der Waals surface area contributed by atoms with Gasteiger partial charge in [0, 0.05) is 45.0 Å². The van der Waals surface area contributed by atoms with E-state index in [9.17, 15) is 9.59 Å². The standard InChI is InChI=1S/C19H24N2O3/c22-18-5-2-7-21(18)17-4-1-3-14(9-17)10-19(23)20-11-16(12-20)15-6-8-24-13-15/h1,3-4,9,15-16H,2,5-8,10-13H2. The van der Waals surface area contributed by atoms with Crippen molar-refractivity contribution in [2.45, 2.75) is 25.7 Å². The predicted octanol–water partition coefficient (Wildman–Crippen LogP) is 1.85. The second kappa shape index (κ2) is 6.55. The molecule has 0 N–H and O–H groups in total. The highest BCUT2D eigenvalue weighted by Crippen LogP contribution is 2.30. The monoisotopic (exact) mass is 328 g/mol. The lowest BCUT2D eigenvalue weighted by Gasteiger charge is -2.42. The SMILES string of the molecule is O=C(Cc1cccc(N2CCCC2=O)c1)N1CC(C2CCOC2)C1. The van der Waals surface area contributed by atoms with E-state index in [0.717, 1.165) is 56.9 Å². The van der Waals surface area contributed by atoms with Gasteiger partial charge in [-0.25, -0.2) is 0 Å². The first-order valence-corrected chi connectivity index (χ1v) is 8.95. The Balaban J connectivity index is 1.34. The van der Waals surface area contributed by atoms with Crippen LogP contribution in [0.4, 0.5) is 5.69 Å². The van der Waals surface area contributed by atoms with Crippen LogP contribution in [0.25, 0.3) is 0 Å². The second-order valence-corrected chi connectivity index (χ2v) is 7.18. The van der Waals surface area contributed by atoms with Crippen LogP contribution in [0.15, 0.2) is 24.3 Å². The van der Waals surface area contributed by atoms with Crippen molar-refractivity contribution in [2.75, 3.05) is 37.7 Å². The number of carbonyl (C=O) groups excluding carboxylic acids is 2. The first kappa shape index (κ1) is 15.6. The third-order valence-corrected chi connectivity index (χ3v) is 5.55. The summed E-state index contributed by atoms with van der Waals surface area (Å²) < 4.78 is 5.44. The van der Waals surface area contributed by atoms with E-state index in [1.165, 1.54) is 0 Å². The summed E-state index contributed by atoms with van der Waals surface area (Å²) in [5.41, 5.74) is 1.91. The molecule has 0 aromatic heterocycles. The molecule has 3 aliphatic heterocycles. The molecule has 0 bridgehead atoms. The molecule has 1 aromatic rings. The lowest BCUT2D eigenvalue weighted by atomic mass is 9.85. The van der Waals surface area contributed by atoms with Crippen LogP contribution in [0, 0.1) is 11.8 Å². The van der Waals surface area contributed by atoms with Gasteiger partial charge in [-0.3, -0.25) is 9.59 Å². The molecule has 24 heavy (non-hydrogen) atoms. The van der Waals surface area contributed by atoms with Crippen molar-refractivity contribution in [3.05, 3.63) is 29.8 Å². The Morgan fingerprint density at radius 1 is 1.25 bits per heavy atom. The maximum Gasteiger partial charge on any atom is 0.227 e. The molecule has 2 amide bonds. The molecule has 4 rings (SSSR count). The number of ether oxygens (including phenoxy) is 1. The summed E-state index contributed by atoms with van der Waals surface area (Å²) in [7, 11) is 0. The Morgan fingerprint density at radius 3 is 2.83 bits per heavy atom. The molecular formula is C19H24N2O3. The molecule has 0 spiro atoms. The highest BCUT2D eigenvalue weighted by molar-refractivity contribution is 5.95. The fourth-order valence-electron chi connectivity index (χ4n) is 3.98. The van der Waals surface area contributed by atoms with Gasteiger partial charge in [-0.15, -0.1) is 0 Å². The third kappa shape index (κ3) is 3.05. The van der Waals surface area contributed by atoms with Crippen molar-refractivity contribution in [1.29, 1.82) is 0 Å². The van der Waals surface area contributed by atoms with Gasteiger partial charge in [-0.2, -0.15) is 0 Å². The van der Waals surface area contributed by atoms with Gasteiger partial charge in [0.05, 0.1) is 6.42 Å². The zero-order valence-electron chi connectivity index (χ0n) is 13.9. The van der Waals surface area contributed by atoms with Gasteiger partial charge in [0.25, 0.3) is 0 Å². The minimum absolute atomic E-state index is 0.183. The molecule has 5 nitrogen and oxygen atoms in total. The molecule has 128 valence electrons. The second-order valence-electron chi connectivity index (χ2n) is 7.18. The van der Waals surface area contributed by atoms with Gasteiger partial charge in [0.2, 0.25) is 11.8 Å². The Hall–Kier alpha value is -1.88. The summed E-state index contributed by atoms with van der Waals surface area (Å²) in [6.07, 6.45) is 3.10. The summed E-state index contributed by atoms with van der Waals surface area (Å²) in [4.78, 5) is 28.1. The van der Waals surface area contributed by atoms with E-state index in [2.05, 4.69) is 0 Å². The molecule has 3 fully saturated rings. The van der Waals surface area contributed by atoms with Crippen molar-refractivity contribution in [1.82, 2.24) is 4.90 Å². The van der Waals surface area contributed by atoms with Crippen LogP contribution in [0.5, 0.6) is 0 Å². The van der Waals surface area contributed by atoms with Crippen LogP contribution in [0.1, 0.15) is 24.8 Å². The van der Waals surface area contributed by atoms with E-state index in [-0.39, 0.29) is 11.8 Å². The highest BCUT2D eigenvalue weighted by atomic mass is 16.5. The number of rotatable bonds is 4. The zero-order valence-corrected chi connectivity index (χ0v) is 13.9. The van der Waals surface area contributed by atoms with E-state index in [1.807, 2.05) is 34.1 Å². The zero-order chi connectivity index (χ0) is 16.5. The Kier molecular flexibility index (Phi) is 4.27. The van der Waals surface area contributed by atoms with Crippen LogP contribution in [0.2, 0.25) is 0 Å². The van der Waals surface area contributed by atoms with Crippen LogP contribution in [-0.2, 0) is 20.7 Å². The number of likely N-dealkylation sites (tertiary alicyclic amines) is 1. The fraction of sp³-hybridized carbons (Fsp3) is 0.579. The van der Waals surface area contributed by atoms with Crippen molar-refractivity contribution in [3.63, 3.8) is 0 Å². The van der Waals surface area contributed by atoms with Crippen molar-refractivity contribution in [3.8, 4) is 0 Å². The van der Waals surface area contributed by atoms with Crippen LogP contribution in [-0.4, -0.2) is 49.6 Å². The van der Waals surface area contributed by atoms with Gasteiger partial charge < -0.3 is 14.5 Å². The van der Waals surface area contributed by atoms with Crippen LogP contribution < -0.4 is 4.90 Å². The Bertz CT molecular complexity index is 633. The summed E-state index contributed by atoms with van der Waals surface area (Å²) in [5, 5.41) is 0. The molecule has 1 atom stereocenters. The van der Waals surface area contributed by atoms with E-state index >= 15 is 0 Å². The molecule has 0 radical (unpaired) electrons. The fourth-order valence-corrected chi connectivity index (χ4v) is 3.98. The number of anilines is 1. The van der Waals surface area contributed by atoms with E-state index < -0.39 is 0 Å². The molecular weight excluding hydrogens is 304 g/mol. The number of hydrogen-bond acceptors (Lipinski definition) is 3. The average molecular weight is 328 g/mol. The van der Waals surface area contributed by atoms with Gasteiger partial charge in [-0.05, 0) is 42.4 Å². The van der Waals surface area contributed by atoms with Crippen molar-refractivity contribution >= 4 is 17.5 Å². The van der Waals surface area contributed by atoms with Crippen molar-refractivity contribution in [2.24, 2.45) is 11.8 Å². The van der Waals surface area contributed by atoms with Gasteiger partial charge in [-0.1, -0.05) is 12.1 Å². The molecule has 0 saturated carbocycles. The Labute approximate surface area is 142 Å². The molecule has 5 heteroatoms. The summed E-state index contributed by atoms with van der Waals surface area (Å²) >= 11 is 0. The molecule has 1 aromatic carbocycles. The Morgan fingerprint density at radius 2 is 2.12 bits per heavy atom. The number of nitrogens with zero attached hydrogens (tertiary/aromatic N) is 2. The summed E-state index contributed by atoms with van der Waals surface area (Å²) in [6, 6.07) is 7.86. The van der Waals surface area contributed by atoms with Crippen LogP contribution >= 0.6 is 0 Å². The van der Waals surface area contributed by atoms with E-state index in [1.54, 1.807) is 0 Å². The first-order valence-electron chi connectivity index (χ1n) is 8.95. The normalized spacial score (nSPS) is 24.5. The van der Waals surface area contributed by atoms with Gasteiger partial charge >= 0.3 is 0 Å². The molecule has 3 aliphatic rings. The lowest BCUT2D eigenvalue weighted by Crippen LogP contribution is -2.53. The molecule has 3 heterocycles. The summed E-state index contributed by atoms with van der Waals surface area (Å²) in [5.74, 6) is 1.63. The smallest absolute Gasteiger partial charge is 0.227 e. The van der Waals surface area contributed by atoms with Crippen LogP contribution in [0.3, 0.4) is 0 Å². The minimum Gasteiger partial charge on any atom is -0.381 e. The number of carbonyl (C=O) groups is 2. The predicted molar refractivity (Wildman–Crippen MR) is 90.7 cm³/mol. The van der Waals surface area contributed by atoms with Gasteiger partial charge in [0.1, 0.15) is 0 Å². The molecule has 1 unspecified atom stereocenters. The maximum atomic E-state index is 12.5. The topological polar surface area (TPSA) is 49.9 Å². The van der Waals surface area contributed by atoms with E-state index in [0.29, 0.717) is 24.7 Å². The number of amides is 2. The first-order chi connectivity index (χ1) is 11.7. The maximum absolute atomic E-state index is 12.5. The number of benzene rings is 1. The minimum atomic E-state index is 0.183. The largest absolute Gasteiger partial charge is 0.381 e. The van der Waals surface area contributed by atoms with Gasteiger partial charge in [0.15, 0.2) is 0 Å².